The third-order valence-corrected chi connectivity index (χ3v) is 5.07. The monoisotopic (exact) mass is 409 g/mol. The zero-order valence-corrected chi connectivity index (χ0v) is 18.1. The normalized spacial score (nSPS) is 17.7. The molecule has 3 N–H and O–H groups in total. The van der Waals surface area contributed by atoms with Crippen molar-refractivity contribution in [1.29, 1.82) is 0 Å². The van der Waals surface area contributed by atoms with Crippen LogP contribution in [0.1, 0.15) is 46.1 Å². The summed E-state index contributed by atoms with van der Waals surface area (Å²) in [4.78, 5) is 24.9. The van der Waals surface area contributed by atoms with Gasteiger partial charge in [0.05, 0.1) is 0 Å². The Balaban J connectivity index is 1.55. The highest BCUT2D eigenvalue weighted by Crippen LogP contribution is 2.28. The Morgan fingerprint density at radius 3 is 2.30 bits per heavy atom. The maximum Gasteiger partial charge on any atom is 0.313 e. The molecule has 2 amide bonds. The molecule has 0 aliphatic carbocycles. The second kappa shape index (κ2) is 8.88. The summed E-state index contributed by atoms with van der Waals surface area (Å²) in [6.07, 6.45) is 1.52. The van der Waals surface area contributed by atoms with Crippen LogP contribution in [-0.4, -0.2) is 28.9 Å². The van der Waals surface area contributed by atoms with E-state index in [1.807, 2.05) is 36.4 Å². The summed E-state index contributed by atoms with van der Waals surface area (Å²) in [5.41, 5.74) is 1.35. The lowest BCUT2D eigenvalue weighted by molar-refractivity contribution is -0.137. The maximum absolute atomic E-state index is 12.5. The van der Waals surface area contributed by atoms with Crippen LogP contribution in [0.25, 0.3) is 0 Å². The Kier molecular flexibility index (Phi) is 6.46. The van der Waals surface area contributed by atoms with Crippen molar-refractivity contribution in [3.63, 3.8) is 0 Å². The number of rotatable bonds is 5. The Morgan fingerprint density at radius 1 is 0.967 bits per heavy atom. The van der Waals surface area contributed by atoms with Crippen molar-refractivity contribution in [2.75, 3.05) is 5.32 Å². The van der Waals surface area contributed by atoms with Crippen LogP contribution in [0.3, 0.4) is 0 Å². The van der Waals surface area contributed by atoms with Crippen molar-refractivity contribution in [2.45, 2.75) is 64.3 Å². The molecule has 160 valence electrons. The van der Waals surface area contributed by atoms with E-state index in [-0.39, 0.29) is 17.1 Å². The third kappa shape index (κ3) is 6.32. The smallest absolute Gasteiger partial charge is 0.313 e. The Morgan fingerprint density at radius 2 is 1.63 bits per heavy atom. The van der Waals surface area contributed by atoms with E-state index in [1.165, 1.54) is 0 Å². The van der Waals surface area contributed by atoms with E-state index < -0.39 is 11.8 Å². The first kappa shape index (κ1) is 21.8. The lowest BCUT2D eigenvalue weighted by atomic mass is 9.79. The summed E-state index contributed by atoms with van der Waals surface area (Å²) in [7, 11) is 0. The molecule has 0 atom stereocenters. The highest BCUT2D eigenvalue weighted by Gasteiger charge is 2.38. The van der Waals surface area contributed by atoms with Crippen molar-refractivity contribution in [3.8, 4) is 5.75 Å². The van der Waals surface area contributed by atoms with Gasteiger partial charge in [-0.15, -0.1) is 0 Å². The highest BCUT2D eigenvalue weighted by molar-refractivity contribution is 6.39. The van der Waals surface area contributed by atoms with Crippen molar-refractivity contribution >= 4 is 17.5 Å². The second-order valence-corrected chi connectivity index (χ2v) is 9.23. The lowest BCUT2D eigenvalue weighted by Gasteiger charge is -2.46. The van der Waals surface area contributed by atoms with Gasteiger partial charge in [0.15, 0.2) is 0 Å². The first-order chi connectivity index (χ1) is 14.1. The molecule has 0 spiro atoms. The Labute approximate surface area is 178 Å². The number of hydrogen-bond donors (Lipinski definition) is 3. The average Bonchev–Trinajstić information content (AvgIpc) is 2.65. The van der Waals surface area contributed by atoms with Gasteiger partial charge in [-0.1, -0.05) is 36.4 Å². The second-order valence-electron chi connectivity index (χ2n) is 9.23. The molecule has 1 aliphatic rings. The van der Waals surface area contributed by atoms with Crippen LogP contribution in [0.2, 0.25) is 0 Å². The van der Waals surface area contributed by atoms with Gasteiger partial charge < -0.3 is 20.7 Å². The average molecular weight is 410 g/mol. The molecule has 1 saturated heterocycles. The molecule has 0 saturated carbocycles. The lowest BCUT2D eigenvalue weighted by Crippen LogP contribution is -2.62. The number of amides is 2. The van der Waals surface area contributed by atoms with E-state index in [2.05, 4.69) is 43.6 Å². The van der Waals surface area contributed by atoms with Gasteiger partial charge in [0, 0.05) is 28.9 Å². The fourth-order valence-corrected chi connectivity index (χ4v) is 4.27. The minimum atomic E-state index is -0.677. The molecule has 2 aromatic carbocycles. The zero-order valence-electron chi connectivity index (χ0n) is 18.1. The molecule has 6 heteroatoms. The summed E-state index contributed by atoms with van der Waals surface area (Å²) in [5.74, 6) is -0.674. The van der Waals surface area contributed by atoms with E-state index in [0.29, 0.717) is 18.0 Å². The van der Waals surface area contributed by atoms with Crippen molar-refractivity contribution in [2.24, 2.45) is 0 Å². The number of piperidine rings is 1. The topological polar surface area (TPSA) is 79.5 Å². The molecule has 0 unspecified atom stereocenters. The van der Waals surface area contributed by atoms with Gasteiger partial charge in [0.1, 0.15) is 12.4 Å². The van der Waals surface area contributed by atoms with Crippen LogP contribution < -0.4 is 20.7 Å². The number of benzene rings is 2. The van der Waals surface area contributed by atoms with Crippen LogP contribution in [0.15, 0.2) is 54.6 Å². The Bertz CT molecular complexity index is 878. The van der Waals surface area contributed by atoms with Gasteiger partial charge in [-0.25, -0.2) is 0 Å². The van der Waals surface area contributed by atoms with Crippen LogP contribution in [0.4, 0.5) is 5.69 Å². The highest BCUT2D eigenvalue weighted by atomic mass is 16.5. The van der Waals surface area contributed by atoms with Crippen LogP contribution >= 0.6 is 0 Å². The molecule has 6 nitrogen and oxygen atoms in total. The first-order valence-corrected chi connectivity index (χ1v) is 10.3. The van der Waals surface area contributed by atoms with Crippen LogP contribution in [-0.2, 0) is 16.2 Å². The first-order valence-electron chi connectivity index (χ1n) is 10.3. The van der Waals surface area contributed by atoms with E-state index in [9.17, 15) is 9.59 Å². The van der Waals surface area contributed by atoms with Crippen molar-refractivity contribution in [1.82, 2.24) is 10.6 Å². The molecular formula is C24H31N3O3. The van der Waals surface area contributed by atoms with Gasteiger partial charge in [-0.3, -0.25) is 9.59 Å². The SMILES string of the molecule is CC1(C)CC(NC(=O)C(=O)Nc2cccc(OCc3ccccc3)c2)CC(C)(C)N1. The predicted molar refractivity (Wildman–Crippen MR) is 118 cm³/mol. The van der Waals surface area contributed by atoms with Crippen molar-refractivity contribution in [3.05, 3.63) is 60.2 Å². The van der Waals surface area contributed by atoms with Gasteiger partial charge in [-0.05, 0) is 58.2 Å². The molecule has 30 heavy (non-hydrogen) atoms. The standard InChI is InChI=1S/C24H31N3O3/c1-23(2)14-19(15-24(3,4)27-23)26-22(29)21(28)25-18-11-8-12-20(13-18)30-16-17-9-6-5-7-10-17/h5-13,19,27H,14-16H2,1-4H3,(H,25,28)(H,26,29). The molecule has 1 heterocycles. The van der Waals surface area contributed by atoms with E-state index in [0.717, 1.165) is 18.4 Å². The zero-order chi connectivity index (χ0) is 21.8. The largest absolute Gasteiger partial charge is 0.489 e. The van der Waals surface area contributed by atoms with Gasteiger partial charge in [0.25, 0.3) is 0 Å². The Hall–Kier alpha value is -2.86. The minimum Gasteiger partial charge on any atom is -0.489 e. The van der Waals surface area contributed by atoms with E-state index in [4.69, 9.17) is 4.74 Å². The molecule has 2 aromatic rings. The maximum atomic E-state index is 12.5. The van der Waals surface area contributed by atoms with E-state index >= 15 is 0 Å². The predicted octanol–water partition coefficient (Wildman–Crippen LogP) is 3.63. The van der Waals surface area contributed by atoms with Gasteiger partial charge in [0.2, 0.25) is 0 Å². The summed E-state index contributed by atoms with van der Waals surface area (Å²) >= 11 is 0. The molecule has 3 rings (SSSR count). The summed E-state index contributed by atoms with van der Waals surface area (Å²) in [6.45, 7) is 8.85. The number of anilines is 1. The fraction of sp³-hybridized carbons (Fsp3) is 0.417. The molecule has 0 aromatic heterocycles. The number of ether oxygens (including phenoxy) is 1. The molecule has 1 aliphatic heterocycles. The number of carbonyl (C=O) groups excluding carboxylic acids is 2. The number of nitrogens with one attached hydrogen (secondary N) is 3. The minimum absolute atomic E-state index is 0.0601. The molecular weight excluding hydrogens is 378 g/mol. The molecule has 0 radical (unpaired) electrons. The number of carbonyl (C=O) groups is 2. The summed E-state index contributed by atoms with van der Waals surface area (Å²) < 4.78 is 5.78. The van der Waals surface area contributed by atoms with Crippen LogP contribution in [0.5, 0.6) is 5.75 Å². The summed E-state index contributed by atoms with van der Waals surface area (Å²) in [5, 5.41) is 9.12. The number of hydrogen-bond acceptors (Lipinski definition) is 4. The molecule has 1 fully saturated rings. The molecule has 0 bridgehead atoms. The van der Waals surface area contributed by atoms with Crippen molar-refractivity contribution < 1.29 is 14.3 Å². The van der Waals surface area contributed by atoms with E-state index in [1.54, 1.807) is 18.2 Å². The van der Waals surface area contributed by atoms with Crippen LogP contribution in [0, 0.1) is 0 Å². The van der Waals surface area contributed by atoms with Gasteiger partial charge >= 0.3 is 11.8 Å². The van der Waals surface area contributed by atoms with Gasteiger partial charge in [-0.2, -0.15) is 0 Å². The summed E-state index contributed by atoms with van der Waals surface area (Å²) in [6, 6.07) is 16.8. The third-order valence-electron chi connectivity index (χ3n) is 5.07. The quantitative estimate of drug-likeness (QED) is 0.659. The fourth-order valence-electron chi connectivity index (χ4n) is 4.27.